The minimum absolute atomic E-state index is 0.0825. The van der Waals surface area contributed by atoms with Gasteiger partial charge in [0.2, 0.25) is 5.91 Å². The van der Waals surface area contributed by atoms with Gasteiger partial charge in [-0.1, -0.05) is 5.57 Å². The Bertz CT molecular complexity index is 554. The zero-order valence-electron chi connectivity index (χ0n) is 11.1. The molecule has 0 bridgehead atoms. The third-order valence-electron chi connectivity index (χ3n) is 3.39. The molecule has 2 N–H and O–H groups in total. The van der Waals surface area contributed by atoms with E-state index in [1.165, 1.54) is 6.07 Å². The third kappa shape index (κ3) is 2.86. The largest absolute Gasteiger partial charge is 0.478 e. The molecule has 5 heteroatoms. The zero-order valence-corrected chi connectivity index (χ0v) is 11.1. The molecule has 0 fully saturated rings. The summed E-state index contributed by atoms with van der Waals surface area (Å²) < 4.78 is 5.30. The van der Waals surface area contributed by atoms with Gasteiger partial charge in [0.05, 0.1) is 6.54 Å². The van der Waals surface area contributed by atoms with Gasteiger partial charge < -0.3 is 14.8 Å². The van der Waals surface area contributed by atoms with E-state index in [4.69, 9.17) is 9.52 Å². The van der Waals surface area contributed by atoms with E-state index in [9.17, 15) is 9.59 Å². The van der Waals surface area contributed by atoms with Crippen LogP contribution in [0, 0.1) is 6.92 Å². The number of carbonyl (C=O) groups excluding carboxylic acids is 1. The van der Waals surface area contributed by atoms with Crippen molar-refractivity contribution in [3.05, 3.63) is 34.3 Å². The number of aryl methyl sites for hydroxylation is 1. The highest BCUT2D eigenvalue weighted by Crippen LogP contribution is 2.25. The Kier molecular flexibility index (Phi) is 3.74. The summed E-state index contributed by atoms with van der Waals surface area (Å²) in [5, 5.41) is 11.7. The van der Waals surface area contributed by atoms with Crippen molar-refractivity contribution in [1.29, 1.82) is 0 Å². The summed E-state index contributed by atoms with van der Waals surface area (Å²) in [6, 6.07) is 1.45. The van der Waals surface area contributed by atoms with E-state index in [-0.39, 0.29) is 18.0 Å². The molecule has 102 valence electrons. The first-order chi connectivity index (χ1) is 8.99. The molecule has 1 aliphatic carbocycles. The van der Waals surface area contributed by atoms with Crippen LogP contribution in [-0.4, -0.2) is 17.0 Å². The first kappa shape index (κ1) is 13.4. The van der Waals surface area contributed by atoms with Crippen LogP contribution < -0.4 is 5.32 Å². The smallest absolute Gasteiger partial charge is 0.339 e. The Morgan fingerprint density at radius 3 is 2.63 bits per heavy atom. The maximum absolute atomic E-state index is 11.9. The number of amides is 1. The number of aromatic carboxylic acids is 1. The van der Waals surface area contributed by atoms with Crippen molar-refractivity contribution in [1.82, 2.24) is 5.32 Å². The van der Waals surface area contributed by atoms with Gasteiger partial charge in [-0.15, -0.1) is 0 Å². The molecule has 0 atom stereocenters. The summed E-state index contributed by atoms with van der Waals surface area (Å²) in [5.41, 5.74) is 2.13. The van der Waals surface area contributed by atoms with Crippen molar-refractivity contribution in [2.45, 2.75) is 39.7 Å². The monoisotopic (exact) mass is 263 g/mol. The highest BCUT2D eigenvalue weighted by Gasteiger charge is 2.19. The summed E-state index contributed by atoms with van der Waals surface area (Å²) in [6.45, 7) is 3.78. The molecule has 5 nitrogen and oxygen atoms in total. The number of carbonyl (C=O) groups is 2. The number of furan rings is 1. The van der Waals surface area contributed by atoms with E-state index in [2.05, 4.69) is 5.32 Å². The van der Waals surface area contributed by atoms with Gasteiger partial charge >= 0.3 is 5.97 Å². The van der Waals surface area contributed by atoms with Crippen molar-refractivity contribution in [2.24, 2.45) is 0 Å². The van der Waals surface area contributed by atoms with Gasteiger partial charge in [0.1, 0.15) is 17.1 Å². The van der Waals surface area contributed by atoms with E-state index in [0.29, 0.717) is 11.5 Å². The number of hydrogen-bond acceptors (Lipinski definition) is 3. The molecule has 0 spiro atoms. The molecule has 0 saturated carbocycles. The lowest BCUT2D eigenvalue weighted by Gasteiger charge is -2.05. The maximum Gasteiger partial charge on any atom is 0.339 e. The number of carboxylic acids is 1. The average Bonchev–Trinajstić information content (AvgIpc) is 2.92. The molecule has 0 aromatic carbocycles. The van der Waals surface area contributed by atoms with Crippen molar-refractivity contribution in [3.63, 3.8) is 0 Å². The first-order valence-corrected chi connectivity index (χ1v) is 6.28. The molecule has 1 amide bonds. The quantitative estimate of drug-likeness (QED) is 0.874. The Morgan fingerprint density at radius 2 is 2.11 bits per heavy atom. The third-order valence-corrected chi connectivity index (χ3v) is 3.39. The summed E-state index contributed by atoms with van der Waals surface area (Å²) in [7, 11) is 0. The van der Waals surface area contributed by atoms with Crippen LogP contribution in [-0.2, 0) is 11.3 Å². The van der Waals surface area contributed by atoms with Crippen LogP contribution in [0.1, 0.15) is 48.1 Å². The molecule has 19 heavy (non-hydrogen) atoms. The van der Waals surface area contributed by atoms with Crippen molar-refractivity contribution in [2.75, 3.05) is 0 Å². The SMILES string of the molecule is CC1=C(C(=O)NCc2cc(C(=O)O)c(C)o2)CCC1. The average molecular weight is 263 g/mol. The molecule has 0 saturated heterocycles. The van der Waals surface area contributed by atoms with E-state index < -0.39 is 5.97 Å². The highest BCUT2D eigenvalue weighted by atomic mass is 16.4. The van der Waals surface area contributed by atoms with Crippen molar-refractivity contribution >= 4 is 11.9 Å². The predicted molar refractivity (Wildman–Crippen MR) is 68.8 cm³/mol. The van der Waals surface area contributed by atoms with E-state index >= 15 is 0 Å². The van der Waals surface area contributed by atoms with Crippen LogP contribution in [0.5, 0.6) is 0 Å². The minimum Gasteiger partial charge on any atom is -0.478 e. The van der Waals surface area contributed by atoms with Crippen LogP contribution >= 0.6 is 0 Å². The summed E-state index contributed by atoms with van der Waals surface area (Å²) in [5.74, 6) is -0.290. The van der Waals surface area contributed by atoms with Crippen LogP contribution in [0.4, 0.5) is 0 Å². The standard InChI is InChI=1S/C14H17NO4/c1-8-4-3-5-11(8)13(16)15-7-10-6-12(14(17)18)9(2)19-10/h6H,3-5,7H2,1-2H3,(H,15,16)(H,17,18). The number of carboxylic acid groups (broad SMARTS) is 1. The fourth-order valence-electron chi connectivity index (χ4n) is 2.32. The van der Waals surface area contributed by atoms with Crippen LogP contribution in [0.2, 0.25) is 0 Å². The van der Waals surface area contributed by atoms with Gasteiger partial charge in [0.25, 0.3) is 0 Å². The topological polar surface area (TPSA) is 79.5 Å². The summed E-state index contributed by atoms with van der Waals surface area (Å²) in [4.78, 5) is 22.8. The second-order valence-electron chi connectivity index (χ2n) is 4.78. The molecular formula is C14H17NO4. The molecule has 1 aromatic heterocycles. The number of nitrogens with one attached hydrogen (secondary N) is 1. The molecule has 1 aromatic rings. The lowest BCUT2D eigenvalue weighted by molar-refractivity contribution is -0.117. The van der Waals surface area contributed by atoms with Crippen molar-refractivity contribution in [3.8, 4) is 0 Å². The molecule has 2 rings (SSSR count). The predicted octanol–water partition coefficient (Wildman–Crippen LogP) is 2.40. The van der Waals surface area contributed by atoms with Crippen LogP contribution in [0.3, 0.4) is 0 Å². The van der Waals surface area contributed by atoms with Gasteiger partial charge in [-0.2, -0.15) is 0 Å². The van der Waals surface area contributed by atoms with Gasteiger partial charge in [0, 0.05) is 5.57 Å². The Labute approximate surface area is 111 Å². The van der Waals surface area contributed by atoms with Gasteiger partial charge in [0.15, 0.2) is 0 Å². The van der Waals surface area contributed by atoms with Gasteiger partial charge in [-0.05, 0) is 39.2 Å². The first-order valence-electron chi connectivity index (χ1n) is 6.28. The normalized spacial score (nSPS) is 14.8. The van der Waals surface area contributed by atoms with E-state index in [0.717, 1.165) is 30.4 Å². The fourth-order valence-corrected chi connectivity index (χ4v) is 2.32. The fraction of sp³-hybridized carbons (Fsp3) is 0.429. The molecule has 0 aliphatic heterocycles. The molecule has 0 radical (unpaired) electrons. The molecule has 1 aliphatic rings. The molecule has 1 heterocycles. The molecule has 0 unspecified atom stereocenters. The van der Waals surface area contributed by atoms with Crippen LogP contribution in [0.25, 0.3) is 0 Å². The van der Waals surface area contributed by atoms with E-state index in [1.807, 2.05) is 6.92 Å². The summed E-state index contributed by atoms with van der Waals surface area (Å²) in [6.07, 6.45) is 2.82. The summed E-state index contributed by atoms with van der Waals surface area (Å²) >= 11 is 0. The molecular weight excluding hydrogens is 246 g/mol. The van der Waals surface area contributed by atoms with Crippen molar-refractivity contribution < 1.29 is 19.1 Å². The number of hydrogen-bond donors (Lipinski definition) is 2. The Hall–Kier alpha value is -2.04. The number of allylic oxidation sites excluding steroid dienone is 1. The van der Waals surface area contributed by atoms with Gasteiger partial charge in [-0.3, -0.25) is 4.79 Å². The lowest BCUT2D eigenvalue weighted by atomic mass is 10.1. The van der Waals surface area contributed by atoms with Crippen LogP contribution in [0.15, 0.2) is 21.6 Å². The number of rotatable bonds is 4. The Balaban J connectivity index is 1.99. The Morgan fingerprint density at radius 1 is 1.37 bits per heavy atom. The zero-order chi connectivity index (χ0) is 14.0. The van der Waals surface area contributed by atoms with E-state index in [1.54, 1.807) is 6.92 Å². The lowest BCUT2D eigenvalue weighted by Crippen LogP contribution is -2.24. The second-order valence-corrected chi connectivity index (χ2v) is 4.78. The highest BCUT2D eigenvalue weighted by molar-refractivity contribution is 5.94. The van der Waals surface area contributed by atoms with Gasteiger partial charge in [-0.25, -0.2) is 4.79 Å². The minimum atomic E-state index is -1.02. The maximum atomic E-state index is 11.9. The second kappa shape index (κ2) is 5.30.